The van der Waals surface area contributed by atoms with Crippen molar-refractivity contribution in [2.45, 2.75) is 58.9 Å². The van der Waals surface area contributed by atoms with Gasteiger partial charge in [-0.15, -0.1) is 0 Å². The second-order valence-electron chi connectivity index (χ2n) is 7.34. The van der Waals surface area contributed by atoms with Crippen molar-refractivity contribution in [2.24, 2.45) is 18.4 Å². The Bertz CT molecular complexity index is 429. The van der Waals surface area contributed by atoms with Crippen LogP contribution in [0.2, 0.25) is 0 Å². The van der Waals surface area contributed by atoms with E-state index in [1.54, 1.807) is 0 Å². The minimum atomic E-state index is 0.433. The summed E-state index contributed by atoms with van der Waals surface area (Å²) in [5.41, 5.74) is 1.80. The molecule has 0 aromatic carbocycles. The zero-order chi connectivity index (χ0) is 14.9. The largest absolute Gasteiger partial charge is 0.314 e. The standard InChI is InChI=1S/C16H28BrN3/c1-11(2)18-9-12-6-7-16(3,4)8-13(12)15-14(17)10-19-20(15)5/h10-13,18H,6-9H2,1-5H3. The summed E-state index contributed by atoms with van der Waals surface area (Å²) in [4.78, 5) is 0. The molecule has 2 atom stereocenters. The molecule has 1 aromatic rings. The molecular formula is C16H28BrN3. The molecule has 1 N–H and O–H groups in total. The van der Waals surface area contributed by atoms with E-state index in [2.05, 4.69) is 65.8 Å². The van der Waals surface area contributed by atoms with Crippen molar-refractivity contribution in [1.82, 2.24) is 15.1 Å². The monoisotopic (exact) mass is 341 g/mol. The van der Waals surface area contributed by atoms with Gasteiger partial charge in [0.1, 0.15) is 0 Å². The van der Waals surface area contributed by atoms with E-state index in [0.29, 0.717) is 23.3 Å². The van der Waals surface area contributed by atoms with Gasteiger partial charge < -0.3 is 5.32 Å². The molecule has 4 heteroatoms. The number of halogens is 1. The zero-order valence-corrected chi connectivity index (χ0v) is 15.0. The van der Waals surface area contributed by atoms with Crippen molar-refractivity contribution < 1.29 is 0 Å². The van der Waals surface area contributed by atoms with E-state index >= 15 is 0 Å². The number of aromatic nitrogens is 2. The molecule has 0 saturated heterocycles. The molecule has 2 rings (SSSR count). The second-order valence-corrected chi connectivity index (χ2v) is 8.19. The molecule has 3 nitrogen and oxygen atoms in total. The third-order valence-corrected chi connectivity index (χ3v) is 5.22. The third-order valence-electron chi connectivity index (χ3n) is 4.61. The van der Waals surface area contributed by atoms with E-state index in [1.165, 1.54) is 25.0 Å². The maximum Gasteiger partial charge on any atom is 0.0635 e. The molecule has 0 spiro atoms. The van der Waals surface area contributed by atoms with Crippen LogP contribution in [0.4, 0.5) is 0 Å². The normalized spacial score (nSPS) is 26.1. The van der Waals surface area contributed by atoms with Gasteiger partial charge in [0.05, 0.1) is 16.4 Å². The fourth-order valence-corrected chi connectivity index (χ4v) is 4.07. The Morgan fingerprint density at radius 3 is 2.75 bits per heavy atom. The fraction of sp³-hybridized carbons (Fsp3) is 0.812. The van der Waals surface area contributed by atoms with Crippen molar-refractivity contribution >= 4 is 15.9 Å². The summed E-state index contributed by atoms with van der Waals surface area (Å²) in [6, 6.07) is 0.556. The van der Waals surface area contributed by atoms with E-state index in [0.717, 1.165) is 11.0 Å². The molecular weight excluding hydrogens is 314 g/mol. The molecule has 1 aromatic heterocycles. The van der Waals surface area contributed by atoms with Crippen LogP contribution in [-0.4, -0.2) is 22.4 Å². The Hall–Kier alpha value is -0.350. The molecule has 0 aliphatic heterocycles. The van der Waals surface area contributed by atoms with Crippen LogP contribution < -0.4 is 5.32 Å². The molecule has 20 heavy (non-hydrogen) atoms. The van der Waals surface area contributed by atoms with Crippen LogP contribution in [0.1, 0.15) is 58.6 Å². The summed E-state index contributed by atoms with van der Waals surface area (Å²) in [6.45, 7) is 10.4. The Balaban J connectivity index is 2.22. The first-order valence-corrected chi connectivity index (χ1v) is 8.50. The second kappa shape index (κ2) is 6.18. The molecule has 1 fully saturated rings. The van der Waals surface area contributed by atoms with E-state index < -0.39 is 0 Å². The van der Waals surface area contributed by atoms with Crippen LogP contribution in [-0.2, 0) is 7.05 Å². The highest BCUT2D eigenvalue weighted by molar-refractivity contribution is 9.10. The van der Waals surface area contributed by atoms with Crippen molar-refractivity contribution in [1.29, 1.82) is 0 Å². The Kier molecular flexibility index (Phi) is 4.96. The van der Waals surface area contributed by atoms with Gasteiger partial charge in [-0.2, -0.15) is 5.10 Å². The van der Waals surface area contributed by atoms with Crippen molar-refractivity contribution in [3.8, 4) is 0 Å². The van der Waals surface area contributed by atoms with Crippen LogP contribution in [0.3, 0.4) is 0 Å². The highest BCUT2D eigenvalue weighted by Gasteiger charge is 2.37. The average molecular weight is 342 g/mol. The SMILES string of the molecule is CC(C)NCC1CCC(C)(C)CC1c1c(Br)cnn1C. The molecule has 114 valence electrons. The quantitative estimate of drug-likeness (QED) is 0.893. The van der Waals surface area contributed by atoms with Gasteiger partial charge in [-0.1, -0.05) is 27.7 Å². The van der Waals surface area contributed by atoms with Crippen molar-refractivity contribution in [2.75, 3.05) is 6.54 Å². The van der Waals surface area contributed by atoms with Gasteiger partial charge in [0.2, 0.25) is 0 Å². The van der Waals surface area contributed by atoms with Crippen molar-refractivity contribution in [3.05, 3.63) is 16.4 Å². The van der Waals surface area contributed by atoms with E-state index in [9.17, 15) is 0 Å². The first-order chi connectivity index (χ1) is 9.30. The van der Waals surface area contributed by atoms with E-state index in [-0.39, 0.29) is 0 Å². The Labute approximate surface area is 131 Å². The zero-order valence-electron chi connectivity index (χ0n) is 13.4. The average Bonchev–Trinajstić information content (AvgIpc) is 2.66. The van der Waals surface area contributed by atoms with Crippen LogP contribution in [0.25, 0.3) is 0 Å². The molecule has 2 unspecified atom stereocenters. The maximum absolute atomic E-state index is 4.42. The van der Waals surface area contributed by atoms with Gasteiger partial charge in [0.15, 0.2) is 0 Å². The summed E-state index contributed by atoms with van der Waals surface area (Å²) in [6.07, 6.45) is 5.80. The van der Waals surface area contributed by atoms with Crippen LogP contribution in [0.15, 0.2) is 10.7 Å². The number of hydrogen-bond donors (Lipinski definition) is 1. The summed E-state index contributed by atoms with van der Waals surface area (Å²) in [5, 5.41) is 8.05. The lowest BCUT2D eigenvalue weighted by atomic mass is 9.66. The summed E-state index contributed by atoms with van der Waals surface area (Å²) < 4.78 is 3.22. The maximum atomic E-state index is 4.42. The van der Waals surface area contributed by atoms with Gasteiger partial charge in [-0.3, -0.25) is 4.68 Å². The summed E-state index contributed by atoms with van der Waals surface area (Å²) in [7, 11) is 2.06. The number of nitrogens with one attached hydrogen (secondary N) is 1. The Morgan fingerprint density at radius 1 is 1.50 bits per heavy atom. The lowest BCUT2D eigenvalue weighted by Gasteiger charge is -2.41. The van der Waals surface area contributed by atoms with Crippen molar-refractivity contribution in [3.63, 3.8) is 0 Å². The molecule has 0 radical (unpaired) electrons. The van der Waals surface area contributed by atoms with Gasteiger partial charge >= 0.3 is 0 Å². The van der Waals surface area contributed by atoms with Gasteiger partial charge in [-0.05, 0) is 53.1 Å². The predicted molar refractivity (Wildman–Crippen MR) is 87.9 cm³/mol. The fourth-order valence-electron chi connectivity index (χ4n) is 3.43. The lowest BCUT2D eigenvalue weighted by Crippen LogP contribution is -2.37. The summed E-state index contributed by atoms with van der Waals surface area (Å²) in [5.74, 6) is 1.30. The Morgan fingerprint density at radius 2 is 2.20 bits per heavy atom. The highest BCUT2D eigenvalue weighted by Crippen LogP contribution is 2.47. The molecule has 0 bridgehead atoms. The number of aryl methyl sites for hydroxylation is 1. The molecule has 1 heterocycles. The van der Waals surface area contributed by atoms with Crippen LogP contribution in [0, 0.1) is 11.3 Å². The topological polar surface area (TPSA) is 29.9 Å². The molecule has 1 aliphatic rings. The summed E-state index contributed by atoms with van der Waals surface area (Å²) >= 11 is 3.69. The number of hydrogen-bond acceptors (Lipinski definition) is 2. The number of nitrogens with zero attached hydrogens (tertiary/aromatic N) is 2. The molecule has 0 amide bonds. The highest BCUT2D eigenvalue weighted by atomic mass is 79.9. The predicted octanol–water partition coefficient (Wildman–Crippen LogP) is 4.09. The first-order valence-electron chi connectivity index (χ1n) is 7.71. The van der Waals surface area contributed by atoms with Gasteiger partial charge in [0.25, 0.3) is 0 Å². The lowest BCUT2D eigenvalue weighted by molar-refractivity contribution is 0.153. The molecule has 1 aliphatic carbocycles. The van der Waals surface area contributed by atoms with Gasteiger partial charge in [0, 0.05) is 19.0 Å². The van der Waals surface area contributed by atoms with Crippen LogP contribution >= 0.6 is 15.9 Å². The smallest absolute Gasteiger partial charge is 0.0635 e. The first kappa shape index (κ1) is 16.0. The minimum Gasteiger partial charge on any atom is -0.314 e. The minimum absolute atomic E-state index is 0.433. The number of rotatable bonds is 4. The third kappa shape index (κ3) is 3.64. The van der Waals surface area contributed by atoms with Crippen LogP contribution in [0.5, 0.6) is 0 Å². The molecule has 1 saturated carbocycles. The van der Waals surface area contributed by atoms with E-state index in [4.69, 9.17) is 0 Å². The van der Waals surface area contributed by atoms with Gasteiger partial charge in [-0.25, -0.2) is 0 Å². The van der Waals surface area contributed by atoms with E-state index in [1.807, 2.05) is 6.20 Å².